The maximum Gasteiger partial charge on any atom is 0.240 e. The van der Waals surface area contributed by atoms with Crippen molar-refractivity contribution in [1.82, 2.24) is 25.0 Å². The normalized spacial score (nSPS) is 11.2. The summed E-state index contributed by atoms with van der Waals surface area (Å²) in [4.78, 5) is 20.1. The highest BCUT2D eigenvalue weighted by Crippen LogP contribution is 2.15. The SMILES string of the molecule is CN(C)CCc1nnc(NC(=O)CN(C)Cc2ccncc2)s1. The molecule has 8 heteroatoms. The second-order valence-electron chi connectivity index (χ2n) is 5.63. The lowest BCUT2D eigenvalue weighted by Gasteiger charge is -2.15. The van der Waals surface area contributed by atoms with Gasteiger partial charge in [-0.05, 0) is 38.8 Å². The van der Waals surface area contributed by atoms with Crippen molar-refractivity contribution >= 4 is 22.4 Å². The molecule has 0 radical (unpaired) electrons. The number of nitrogens with zero attached hydrogens (tertiary/aromatic N) is 5. The summed E-state index contributed by atoms with van der Waals surface area (Å²) in [5.41, 5.74) is 1.12. The van der Waals surface area contributed by atoms with Crippen LogP contribution in [0, 0.1) is 0 Å². The molecule has 1 N–H and O–H groups in total. The van der Waals surface area contributed by atoms with Crippen LogP contribution in [0.25, 0.3) is 0 Å². The van der Waals surface area contributed by atoms with Gasteiger partial charge in [-0.25, -0.2) is 0 Å². The summed E-state index contributed by atoms with van der Waals surface area (Å²) in [5.74, 6) is -0.0862. The molecular weight excluding hydrogens is 312 g/mol. The van der Waals surface area contributed by atoms with E-state index in [4.69, 9.17) is 0 Å². The Hall–Kier alpha value is -1.90. The first-order chi connectivity index (χ1) is 11.0. The zero-order chi connectivity index (χ0) is 16.7. The molecule has 0 spiro atoms. The van der Waals surface area contributed by atoms with Gasteiger partial charge in [-0.2, -0.15) is 0 Å². The molecule has 0 aromatic carbocycles. The Labute approximate surface area is 140 Å². The van der Waals surface area contributed by atoms with E-state index < -0.39 is 0 Å². The molecule has 0 aliphatic carbocycles. The molecule has 2 aromatic rings. The molecule has 7 nitrogen and oxygen atoms in total. The standard InChI is InChI=1S/C15H22N6OS/c1-20(2)9-6-14-18-19-15(23-14)17-13(22)11-21(3)10-12-4-7-16-8-5-12/h4-5,7-8H,6,9-11H2,1-3H3,(H,17,19,22). The Kier molecular flexibility index (Phi) is 6.57. The van der Waals surface area contributed by atoms with Crippen molar-refractivity contribution in [2.75, 3.05) is 39.5 Å². The number of hydrogen-bond donors (Lipinski definition) is 1. The van der Waals surface area contributed by atoms with E-state index in [9.17, 15) is 4.79 Å². The van der Waals surface area contributed by atoms with Gasteiger partial charge in [-0.15, -0.1) is 10.2 Å². The van der Waals surface area contributed by atoms with E-state index in [1.165, 1.54) is 11.3 Å². The van der Waals surface area contributed by atoms with Crippen LogP contribution in [-0.2, 0) is 17.8 Å². The fourth-order valence-corrected chi connectivity index (χ4v) is 2.73. The van der Waals surface area contributed by atoms with Crippen LogP contribution in [0.2, 0.25) is 0 Å². The number of amides is 1. The van der Waals surface area contributed by atoms with Crippen LogP contribution in [0.3, 0.4) is 0 Å². The Balaban J connectivity index is 1.78. The van der Waals surface area contributed by atoms with E-state index in [1.807, 2.05) is 38.2 Å². The van der Waals surface area contributed by atoms with Crippen molar-refractivity contribution in [1.29, 1.82) is 0 Å². The molecule has 0 bridgehead atoms. The smallest absolute Gasteiger partial charge is 0.240 e. The number of likely N-dealkylation sites (N-methyl/N-ethyl adjacent to an activating group) is 2. The summed E-state index contributed by atoms with van der Waals surface area (Å²) in [6, 6.07) is 3.88. The van der Waals surface area contributed by atoms with Gasteiger partial charge < -0.3 is 4.90 Å². The van der Waals surface area contributed by atoms with Gasteiger partial charge in [0.15, 0.2) is 0 Å². The number of hydrogen-bond acceptors (Lipinski definition) is 7. The molecule has 2 aromatic heterocycles. The molecule has 1 amide bonds. The average molecular weight is 334 g/mol. The average Bonchev–Trinajstić information content (AvgIpc) is 2.93. The van der Waals surface area contributed by atoms with E-state index in [2.05, 4.69) is 25.4 Å². The van der Waals surface area contributed by atoms with Crippen LogP contribution in [0.1, 0.15) is 10.6 Å². The minimum Gasteiger partial charge on any atom is -0.309 e. The Morgan fingerprint density at radius 1 is 1.22 bits per heavy atom. The predicted octanol–water partition coefficient (Wildman–Crippen LogP) is 1.11. The number of rotatable bonds is 8. The van der Waals surface area contributed by atoms with Crippen molar-refractivity contribution in [2.45, 2.75) is 13.0 Å². The minimum atomic E-state index is -0.0862. The van der Waals surface area contributed by atoms with Gasteiger partial charge in [0.1, 0.15) is 5.01 Å². The maximum atomic E-state index is 12.1. The number of aromatic nitrogens is 3. The Morgan fingerprint density at radius 2 is 1.96 bits per heavy atom. The predicted molar refractivity (Wildman–Crippen MR) is 91.4 cm³/mol. The zero-order valence-electron chi connectivity index (χ0n) is 13.7. The zero-order valence-corrected chi connectivity index (χ0v) is 14.5. The Bertz CT molecular complexity index is 615. The molecule has 0 saturated heterocycles. The Morgan fingerprint density at radius 3 is 2.65 bits per heavy atom. The van der Waals surface area contributed by atoms with Crippen molar-refractivity contribution in [3.8, 4) is 0 Å². The van der Waals surface area contributed by atoms with Crippen LogP contribution in [0.4, 0.5) is 5.13 Å². The van der Waals surface area contributed by atoms with E-state index in [-0.39, 0.29) is 5.91 Å². The van der Waals surface area contributed by atoms with Crippen molar-refractivity contribution in [3.63, 3.8) is 0 Å². The summed E-state index contributed by atoms with van der Waals surface area (Å²) in [6.07, 6.45) is 4.34. The fraction of sp³-hybridized carbons (Fsp3) is 0.467. The number of anilines is 1. The number of nitrogens with one attached hydrogen (secondary N) is 1. The van der Waals surface area contributed by atoms with Crippen LogP contribution in [-0.4, -0.2) is 65.1 Å². The van der Waals surface area contributed by atoms with Crippen LogP contribution in [0.5, 0.6) is 0 Å². The lowest BCUT2D eigenvalue weighted by molar-refractivity contribution is -0.117. The van der Waals surface area contributed by atoms with Crippen LogP contribution < -0.4 is 5.32 Å². The number of carbonyl (C=O) groups excluding carboxylic acids is 1. The molecule has 0 aliphatic rings. The third-order valence-corrected chi connectivity index (χ3v) is 4.00. The topological polar surface area (TPSA) is 74.2 Å². The van der Waals surface area contributed by atoms with Crippen LogP contribution >= 0.6 is 11.3 Å². The van der Waals surface area contributed by atoms with Gasteiger partial charge in [-0.3, -0.25) is 20.0 Å². The molecule has 0 atom stereocenters. The molecular formula is C15H22N6OS. The lowest BCUT2D eigenvalue weighted by Crippen LogP contribution is -2.29. The minimum absolute atomic E-state index is 0.0862. The van der Waals surface area contributed by atoms with Crippen molar-refractivity contribution < 1.29 is 4.79 Å². The van der Waals surface area contributed by atoms with Gasteiger partial charge >= 0.3 is 0 Å². The molecule has 0 saturated carbocycles. The van der Waals surface area contributed by atoms with Gasteiger partial charge in [-0.1, -0.05) is 11.3 Å². The van der Waals surface area contributed by atoms with Crippen molar-refractivity contribution in [3.05, 3.63) is 35.1 Å². The summed E-state index contributed by atoms with van der Waals surface area (Å²) in [6.45, 7) is 1.91. The molecule has 23 heavy (non-hydrogen) atoms. The highest BCUT2D eigenvalue weighted by atomic mass is 32.1. The van der Waals surface area contributed by atoms with Crippen molar-refractivity contribution in [2.24, 2.45) is 0 Å². The maximum absolute atomic E-state index is 12.1. The van der Waals surface area contributed by atoms with Crippen LogP contribution in [0.15, 0.2) is 24.5 Å². The fourth-order valence-electron chi connectivity index (χ4n) is 1.98. The monoisotopic (exact) mass is 334 g/mol. The molecule has 2 heterocycles. The summed E-state index contributed by atoms with van der Waals surface area (Å²) in [5, 5.41) is 12.4. The molecule has 0 unspecified atom stereocenters. The highest BCUT2D eigenvalue weighted by Gasteiger charge is 2.11. The summed E-state index contributed by atoms with van der Waals surface area (Å²) < 4.78 is 0. The van der Waals surface area contributed by atoms with Gasteiger partial charge in [0, 0.05) is 31.9 Å². The quantitative estimate of drug-likeness (QED) is 0.779. The second kappa shape index (κ2) is 8.66. The molecule has 2 rings (SSSR count). The third kappa shape index (κ3) is 6.39. The van der Waals surface area contributed by atoms with E-state index in [0.717, 1.165) is 23.5 Å². The first kappa shape index (κ1) is 17.5. The van der Waals surface area contributed by atoms with E-state index in [1.54, 1.807) is 12.4 Å². The lowest BCUT2D eigenvalue weighted by atomic mass is 10.2. The second-order valence-corrected chi connectivity index (χ2v) is 6.69. The largest absolute Gasteiger partial charge is 0.309 e. The first-order valence-corrected chi connectivity index (χ1v) is 8.19. The van der Waals surface area contributed by atoms with Gasteiger partial charge in [0.25, 0.3) is 0 Å². The molecule has 0 fully saturated rings. The van der Waals surface area contributed by atoms with Gasteiger partial charge in [0.2, 0.25) is 11.0 Å². The van der Waals surface area contributed by atoms with Gasteiger partial charge in [0.05, 0.1) is 6.54 Å². The number of carbonyl (C=O) groups is 1. The first-order valence-electron chi connectivity index (χ1n) is 7.37. The van der Waals surface area contributed by atoms with E-state index >= 15 is 0 Å². The third-order valence-electron chi connectivity index (χ3n) is 3.10. The number of pyridine rings is 1. The van der Waals surface area contributed by atoms with E-state index in [0.29, 0.717) is 18.2 Å². The molecule has 124 valence electrons. The highest BCUT2D eigenvalue weighted by molar-refractivity contribution is 7.15. The molecule has 0 aliphatic heterocycles. The summed E-state index contributed by atoms with van der Waals surface area (Å²) in [7, 11) is 5.94. The summed E-state index contributed by atoms with van der Waals surface area (Å²) >= 11 is 1.43.